The van der Waals surface area contributed by atoms with Crippen LogP contribution in [0.4, 0.5) is 5.82 Å². The van der Waals surface area contributed by atoms with Crippen molar-refractivity contribution in [1.29, 1.82) is 0 Å². The van der Waals surface area contributed by atoms with Gasteiger partial charge in [-0.1, -0.05) is 62.3 Å². The number of carbonyl (C=O) groups is 1. The van der Waals surface area contributed by atoms with Gasteiger partial charge >= 0.3 is 5.69 Å². The minimum Gasteiger partial charge on any atom is -0.414 e. The normalized spacial score (nSPS) is 23.1. The quantitative estimate of drug-likeness (QED) is 0.317. The van der Waals surface area contributed by atoms with Crippen molar-refractivity contribution in [3.63, 3.8) is 0 Å². The first kappa shape index (κ1) is 36.0. The molecule has 1 aromatic heterocycles. The summed E-state index contributed by atoms with van der Waals surface area (Å²) in [5.41, 5.74) is -0.637. The summed E-state index contributed by atoms with van der Waals surface area (Å²) >= 11 is 0. The Morgan fingerprint density at radius 1 is 0.878 bits per heavy atom. The molecule has 10 nitrogen and oxygen atoms in total. The molecule has 1 N–H and O–H groups in total. The Labute approximate surface area is 250 Å². The van der Waals surface area contributed by atoms with Gasteiger partial charge in [0.15, 0.2) is 37.0 Å². The van der Waals surface area contributed by atoms with Gasteiger partial charge < -0.3 is 23.3 Å². The van der Waals surface area contributed by atoms with Gasteiger partial charge in [-0.2, -0.15) is 14.8 Å². The van der Waals surface area contributed by atoms with E-state index in [0.29, 0.717) is 6.61 Å². The second kappa shape index (κ2) is 12.0. The average Bonchev–Trinajstić information content (AvgIpc) is 3.05. The molecule has 41 heavy (non-hydrogen) atoms. The maximum absolute atomic E-state index is 13.3. The third-order valence-electron chi connectivity index (χ3n) is 9.44. The predicted octanol–water partition coefficient (Wildman–Crippen LogP) is 6.30. The van der Waals surface area contributed by atoms with E-state index in [0.717, 1.165) is 0 Å². The first-order valence-electron chi connectivity index (χ1n) is 14.6. The van der Waals surface area contributed by atoms with E-state index in [2.05, 4.69) is 117 Å². The second-order valence-corrected chi connectivity index (χ2v) is 30.2. The van der Waals surface area contributed by atoms with Gasteiger partial charge in [-0.05, 0) is 54.4 Å². The highest BCUT2D eigenvalue weighted by atomic mass is 28.4. The van der Waals surface area contributed by atoms with Crippen LogP contribution in [0.3, 0.4) is 0 Å². The summed E-state index contributed by atoms with van der Waals surface area (Å²) in [6.07, 6.45) is -1.10. The molecule has 1 saturated heterocycles. The van der Waals surface area contributed by atoms with E-state index in [1.807, 2.05) is 0 Å². The van der Waals surface area contributed by atoms with Crippen LogP contribution in [-0.4, -0.2) is 70.5 Å². The maximum atomic E-state index is 13.3. The number of hydrogen-bond donors (Lipinski definition) is 1. The van der Waals surface area contributed by atoms with Crippen LogP contribution in [0.1, 0.15) is 75.5 Å². The van der Waals surface area contributed by atoms with Crippen molar-refractivity contribution >= 4 is 36.7 Å². The number of nitrogens with one attached hydrogen (secondary N) is 1. The number of nitrogens with zero attached hydrogens (tertiary/aromatic N) is 3. The Hall–Kier alpha value is -1.23. The predicted molar refractivity (Wildman–Crippen MR) is 172 cm³/mol. The topological polar surface area (TPSA) is 114 Å². The van der Waals surface area contributed by atoms with Crippen LogP contribution in [-0.2, 0) is 22.8 Å². The molecule has 0 bridgehead atoms. The van der Waals surface area contributed by atoms with Crippen molar-refractivity contribution in [2.24, 2.45) is 0 Å². The zero-order valence-electron chi connectivity index (χ0n) is 28.4. The Bertz CT molecular complexity index is 1140. The van der Waals surface area contributed by atoms with Crippen LogP contribution < -0.4 is 11.0 Å². The highest BCUT2D eigenvalue weighted by molar-refractivity contribution is 6.75. The van der Waals surface area contributed by atoms with E-state index in [1.54, 1.807) is 0 Å². The highest BCUT2D eigenvalue weighted by Gasteiger charge is 2.55. The fraction of sp³-hybridized carbons (Fsp3) is 0.857. The first-order chi connectivity index (χ1) is 18.2. The fourth-order valence-corrected chi connectivity index (χ4v) is 7.23. The number of anilines is 1. The number of amides is 1. The van der Waals surface area contributed by atoms with Gasteiger partial charge in [0.1, 0.15) is 18.3 Å². The summed E-state index contributed by atoms with van der Waals surface area (Å²) in [6.45, 7) is 34.6. The van der Waals surface area contributed by atoms with Crippen molar-refractivity contribution in [1.82, 2.24) is 14.8 Å². The van der Waals surface area contributed by atoms with E-state index in [-0.39, 0.29) is 26.8 Å². The smallest absolute Gasteiger partial charge is 0.368 e. The maximum Gasteiger partial charge on any atom is 0.368 e. The highest BCUT2D eigenvalue weighted by Crippen LogP contribution is 2.46. The number of hydrogen-bond acceptors (Lipinski definition) is 8. The Morgan fingerprint density at radius 3 is 1.76 bits per heavy atom. The summed E-state index contributed by atoms with van der Waals surface area (Å²) in [5.74, 6) is -0.246. The lowest BCUT2D eigenvalue weighted by Crippen LogP contribution is -2.55. The van der Waals surface area contributed by atoms with Gasteiger partial charge in [0.2, 0.25) is 5.91 Å². The number of ether oxygens (including phenoxy) is 1. The molecule has 13 heteroatoms. The minimum atomic E-state index is -2.37. The molecule has 0 aromatic carbocycles. The van der Waals surface area contributed by atoms with Crippen LogP contribution in [0.2, 0.25) is 54.4 Å². The van der Waals surface area contributed by atoms with Gasteiger partial charge in [-0.15, -0.1) is 0 Å². The standard InChI is InChI=1S/C28H56N4O6Si3/c1-19(33)30-21-17-29-32(25(34)31-21)24-23(38-41(15,16)28(8,9)10)22(37-40(13,14)27(5,6)7)20(36-24)18-35-39(11,12)26(2,3)4/h17,20,22-24H,18H2,1-16H3,(H,30,31,33,34)/t20-,22?,23?,24-/m1/s1. The van der Waals surface area contributed by atoms with E-state index in [1.165, 1.54) is 17.8 Å². The Kier molecular flexibility index (Phi) is 10.6. The van der Waals surface area contributed by atoms with Crippen LogP contribution in [0.5, 0.6) is 0 Å². The van der Waals surface area contributed by atoms with E-state index >= 15 is 0 Å². The van der Waals surface area contributed by atoms with Crippen LogP contribution in [0.15, 0.2) is 11.0 Å². The molecule has 0 radical (unpaired) electrons. The summed E-state index contributed by atoms with van der Waals surface area (Å²) < 4.78 is 28.7. The lowest BCUT2D eigenvalue weighted by atomic mass is 10.1. The summed E-state index contributed by atoms with van der Waals surface area (Å²) in [5, 5.41) is 6.76. The number of carbonyl (C=O) groups excluding carboxylic acids is 1. The SMILES string of the molecule is CC(=O)Nc1cnn([C@@H]2O[C@H](CO[Si](C)(C)C(C)(C)C)C(O[Si](C)(C)C(C)(C)C)C2O[Si](C)(C)C(C)(C)C)c(=O)n1. The summed E-state index contributed by atoms with van der Waals surface area (Å²) in [6, 6.07) is 0. The van der Waals surface area contributed by atoms with Gasteiger partial charge in [-0.25, -0.2) is 4.79 Å². The van der Waals surface area contributed by atoms with Crippen molar-refractivity contribution in [3.8, 4) is 0 Å². The van der Waals surface area contributed by atoms with Gasteiger partial charge in [-0.3, -0.25) is 4.79 Å². The first-order valence-corrected chi connectivity index (χ1v) is 23.3. The molecule has 1 fully saturated rings. The molecular formula is C28H56N4O6Si3. The van der Waals surface area contributed by atoms with Crippen LogP contribution in [0, 0.1) is 0 Å². The zero-order chi connectivity index (χ0) is 32.0. The van der Waals surface area contributed by atoms with Gasteiger partial charge in [0.25, 0.3) is 0 Å². The molecule has 2 rings (SSSR count). The molecule has 2 unspecified atom stereocenters. The largest absolute Gasteiger partial charge is 0.414 e. The van der Waals surface area contributed by atoms with Crippen molar-refractivity contribution in [3.05, 3.63) is 16.7 Å². The van der Waals surface area contributed by atoms with Crippen molar-refractivity contribution in [2.45, 2.75) is 148 Å². The van der Waals surface area contributed by atoms with E-state index in [4.69, 9.17) is 18.0 Å². The fourth-order valence-electron chi connectivity index (χ4n) is 3.61. The summed E-state index contributed by atoms with van der Waals surface area (Å²) in [4.78, 5) is 28.9. The molecule has 4 atom stereocenters. The molecule has 0 saturated carbocycles. The zero-order valence-corrected chi connectivity index (χ0v) is 31.4. The average molecular weight is 629 g/mol. The molecule has 236 valence electrons. The molecule has 2 heterocycles. The van der Waals surface area contributed by atoms with Crippen molar-refractivity contribution < 1.29 is 22.8 Å². The molecular weight excluding hydrogens is 573 g/mol. The minimum absolute atomic E-state index is 0.0137. The molecule has 0 spiro atoms. The number of rotatable bonds is 9. The van der Waals surface area contributed by atoms with E-state index < -0.39 is 55.2 Å². The van der Waals surface area contributed by atoms with Crippen LogP contribution >= 0.6 is 0 Å². The van der Waals surface area contributed by atoms with E-state index in [9.17, 15) is 9.59 Å². The third-order valence-corrected chi connectivity index (χ3v) is 22.9. The van der Waals surface area contributed by atoms with Crippen LogP contribution in [0.25, 0.3) is 0 Å². The second-order valence-electron chi connectivity index (χ2n) is 15.9. The summed E-state index contributed by atoms with van der Waals surface area (Å²) in [7, 11) is -6.82. The molecule has 0 aliphatic carbocycles. The van der Waals surface area contributed by atoms with Gasteiger partial charge in [0, 0.05) is 6.92 Å². The molecule has 1 aliphatic rings. The lowest BCUT2D eigenvalue weighted by Gasteiger charge is -2.44. The monoisotopic (exact) mass is 628 g/mol. The van der Waals surface area contributed by atoms with Gasteiger partial charge in [0.05, 0.1) is 12.8 Å². The lowest BCUT2D eigenvalue weighted by molar-refractivity contribution is -0.114. The Balaban J connectivity index is 2.67. The third kappa shape index (κ3) is 8.45. The molecule has 1 amide bonds. The Morgan fingerprint density at radius 2 is 1.34 bits per heavy atom. The molecule has 1 aliphatic heterocycles. The number of aromatic nitrogens is 3. The van der Waals surface area contributed by atoms with Crippen molar-refractivity contribution in [2.75, 3.05) is 11.9 Å². The molecule has 1 aromatic rings.